The summed E-state index contributed by atoms with van der Waals surface area (Å²) >= 11 is 6.04. The van der Waals surface area contributed by atoms with Gasteiger partial charge >= 0.3 is 0 Å². The van der Waals surface area contributed by atoms with E-state index in [-0.39, 0.29) is 38.2 Å². The molecule has 0 amide bonds. The smallest absolute Gasteiger partial charge is 0.278 e. The molecule has 9 nitrogen and oxygen atoms in total. The molecule has 0 fully saturated rings. The van der Waals surface area contributed by atoms with Crippen molar-refractivity contribution in [3.63, 3.8) is 0 Å². The first-order valence-corrected chi connectivity index (χ1v) is 13.8. The molecule has 2 heterocycles. The summed E-state index contributed by atoms with van der Waals surface area (Å²) in [6.07, 6.45) is 2.28. The average molecular weight is 524 g/mol. The highest BCUT2D eigenvalue weighted by molar-refractivity contribution is 7.92. The summed E-state index contributed by atoms with van der Waals surface area (Å²) in [6.45, 7) is 6.05. The summed E-state index contributed by atoms with van der Waals surface area (Å²) in [6, 6.07) is 11.9. The topological polar surface area (TPSA) is 136 Å². The Morgan fingerprint density at radius 1 is 1.00 bits per heavy atom. The summed E-state index contributed by atoms with van der Waals surface area (Å²) in [5.41, 5.74) is 0.503. The summed E-state index contributed by atoms with van der Waals surface area (Å²) < 4.78 is 53.6. The van der Waals surface area contributed by atoms with E-state index in [0.717, 1.165) is 11.8 Å². The van der Waals surface area contributed by atoms with Gasteiger partial charge in [0.1, 0.15) is 22.2 Å². The van der Waals surface area contributed by atoms with E-state index in [2.05, 4.69) is 19.4 Å². The van der Waals surface area contributed by atoms with Crippen molar-refractivity contribution in [1.29, 1.82) is 0 Å². The van der Waals surface area contributed by atoms with Crippen molar-refractivity contribution < 1.29 is 26.6 Å². The highest BCUT2D eigenvalue weighted by atomic mass is 35.5. The maximum atomic E-state index is 13.1. The predicted molar refractivity (Wildman–Crippen MR) is 130 cm³/mol. The number of ketones is 1. The number of hydrogen-bond donors (Lipinski definition) is 2. The summed E-state index contributed by atoms with van der Waals surface area (Å²) in [5.74, 6) is -0.724. The molecule has 0 bridgehead atoms. The number of benzene rings is 1. The molecule has 2 aromatic heterocycles. The SMILES string of the molecule is CC(C)(C)c1ccc(S(=O)(=O)Nc2cc(Cl)c[nH+]c2C(=O)c2cccc(NS(C)(=O)=O)n2)cc1. The van der Waals surface area contributed by atoms with Gasteiger partial charge in [-0.05, 0) is 41.3 Å². The molecule has 0 spiro atoms. The van der Waals surface area contributed by atoms with Crippen molar-refractivity contribution in [3.8, 4) is 0 Å². The fraction of sp³-hybridized carbons (Fsp3) is 0.227. The van der Waals surface area contributed by atoms with Crippen LogP contribution in [0.5, 0.6) is 0 Å². The van der Waals surface area contributed by atoms with Gasteiger partial charge in [-0.25, -0.2) is 26.8 Å². The molecule has 3 rings (SSSR count). The Balaban J connectivity index is 1.97. The predicted octanol–water partition coefficient (Wildman–Crippen LogP) is 3.25. The first kappa shape index (κ1) is 25.6. The van der Waals surface area contributed by atoms with Crippen LogP contribution in [-0.4, -0.2) is 33.9 Å². The van der Waals surface area contributed by atoms with Gasteiger partial charge in [-0.2, -0.15) is 0 Å². The van der Waals surface area contributed by atoms with Crippen molar-refractivity contribution >= 4 is 48.9 Å². The number of rotatable bonds is 7. The second-order valence-electron chi connectivity index (χ2n) is 8.60. The van der Waals surface area contributed by atoms with Crippen LogP contribution in [0.25, 0.3) is 0 Å². The zero-order valence-corrected chi connectivity index (χ0v) is 21.3. The van der Waals surface area contributed by atoms with E-state index in [4.69, 9.17) is 11.6 Å². The van der Waals surface area contributed by atoms with E-state index < -0.39 is 25.8 Å². The number of nitrogens with zero attached hydrogens (tertiary/aromatic N) is 1. The van der Waals surface area contributed by atoms with E-state index in [1.807, 2.05) is 20.8 Å². The quantitative estimate of drug-likeness (QED) is 0.456. The molecule has 0 radical (unpaired) electrons. The molecule has 0 saturated heterocycles. The normalized spacial score (nSPS) is 12.3. The molecule has 34 heavy (non-hydrogen) atoms. The molecule has 0 aliphatic rings. The highest BCUT2D eigenvalue weighted by Crippen LogP contribution is 2.26. The summed E-state index contributed by atoms with van der Waals surface area (Å²) in [7, 11) is -7.66. The molecule has 0 atom stereocenters. The number of carbonyl (C=O) groups is 1. The largest absolute Gasteiger partial charge is 0.280 e. The molecule has 0 saturated carbocycles. The van der Waals surface area contributed by atoms with E-state index in [9.17, 15) is 21.6 Å². The van der Waals surface area contributed by atoms with E-state index in [1.54, 1.807) is 12.1 Å². The Morgan fingerprint density at radius 2 is 1.65 bits per heavy atom. The minimum Gasteiger partial charge on any atom is -0.280 e. The minimum absolute atomic E-state index is 0.0105. The average Bonchev–Trinajstić information content (AvgIpc) is 2.71. The zero-order valence-electron chi connectivity index (χ0n) is 18.9. The van der Waals surface area contributed by atoms with Gasteiger partial charge in [-0.1, -0.05) is 50.6 Å². The molecule has 12 heteroatoms. The number of hydrogen-bond acceptors (Lipinski definition) is 6. The third-order valence-electron chi connectivity index (χ3n) is 4.68. The van der Waals surface area contributed by atoms with Crippen LogP contribution < -0.4 is 14.4 Å². The van der Waals surface area contributed by atoms with E-state index in [0.29, 0.717) is 0 Å². The van der Waals surface area contributed by atoms with Crippen molar-refractivity contribution in [2.24, 2.45) is 0 Å². The van der Waals surface area contributed by atoms with Crippen LogP contribution in [0.15, 0.2) is 59.6 Å². The molecular weight excluding hydrogens is 500 g/mol. The number of pyridine rings is 2. The number of halogens is 1. The molecule has 0 aliphatic carbocycles. The minimum atomic E-state index is -4.06. The van der Waals surface area contributed by atoms with Gasteiger partial charge in [0.15, 0.2) is 6.20 Å². The Bertz CT molecular complexity index is 1450. The van der Waals surface area contributed by atoms with Crippen LogP contribution in [0.4, 0.5) is 11.5 Å². The highest BCUT2D eigenvalue weighted by Gasteiger charge is 2.27. The van der Waals surface area contributed by atoms with Crippen molar-refractivity contribution in [1.82, 2.24) is 4.98 Å². The molecule has 0 aliphatic heterocycles. The number of H-pyrrole nitrogens is 1. The molecule has 3 N–H and O–H groups in total. The fourth-order valence-corrected chi connectivity index (χ4v) is 4.73. The zero-order chi connectivity index (χ0) is 25.3. The first-order valence-electron chi connectivity index (χ1n) is 10.00. The lowest BCUT2D eigenvalue weighted by Gasteiger charge is -2.19. The number of carbonyl (C=O) groups excluding carboxylic acids is 1. The van der Waals surface area contributed by atoms with Crippen LogP contribution in [0.1, 0.15) is 42.5 Å². The van der Waals surface area contributed by atoms with Crippen LogP contribution >= 0.6 is 11.6 Å². The van der Waals surface area contributed by atoms with Gasteiger partial charge in [0.25, 0.3) is 21.5 Å². The van der Waals surface area contributed by atoms with Gasteiger partial charge in [-0.3, -0.25) is 14.2 Å². The van der Waals surface area contributed by atoms with E-state index in [1.165, 1.54) is 42.6 Å². The standard InChI is InChI=1S/C22H23ClN4O5S2/c1-22(2,3)14-8-10-16(11-9-14)34(31,32)26-18-12-15(23)13-24-20(18)21(28)17-6-5-7-19(25-17)27-33(4,29)30/h5-13,26H,1-4H3,(H,25,27)/p+1. The molecule has 1 aromatic carbocycles. The second-order valence-corrected chi connectivity index (χ2v) is 12.5. The number of anilines is 2. The maximum absolute atomic E-state index is 13.1. The molecular formula is C22H24ClN4O5S2+. The number of aromatic nitrogens is 2. The third kappa shape index (κ3) is 6.31. The second kappa shape index (κ2) is 9.32. The molecule has 3 aromatic rings. The van der Waals surface area contributed by atoms with Crippen LogP contribution in [0.2, 0.25) is 5.02 Å². The van der Waals surface area contributed by atoms with E-state index >= 15 is 0 Å². The monoisotopic (exact) mass is 523 g/mol. The van der Waals surface area contributed by atoms with Gasteiger partial charge in [0.2, 0.25) is 10.0 Å². The van der Waals surface area contributed by atoms with Crippen molar-refractivity contribution in [2.45, 2.75) is 31.1 Å². The Labute approximate surface area is 203 Å². The Morgan fingerprint density at radius 3 is 2.24 bits per heavy atom. The number of nitrogens with one attached hydrogen (secondary N) is 3. The van der Waals surface area contributed by atoms with Gasteiger partial charge in [0, 0.05) is 0 Å². The molecule has 0 unspecified atom stereocenters. The van der Waals surface area contributed by atoms with Crippen LogP contribution in [0, 0.1) is 0 Å². The van der Waals surface area contributed by atoms with Crippen LogP contribution in [-0.2, 0) is 25.5 Å². The summed E-state index contributed by atoms with van der Waals surface area (Å²) in [4.78, 5) is 19.8. The lowest BCUT2D eigenvalue weighted by molar-refractivity contribution is -0.380. The third-order valence-corrected chi connectivity index (χ3v) is 6.86. The summed E-state index contributed by atoms with van der Waals surface area (Å²) in [5, 5.41) is 0.165. The lowest BCUT2D eigenvalue weighted by atomic mass is 9.87. The Kier molecular flexibility index (Phi) is 7.02. The maximum Gasteiger partial charge on any atom is 0.278 e. The van der Waals surface area contributed by atoms with Gasteiger partial charge in [0.05, 0.1) is 11.2 Å². The van der Waals surface area contributed by atoms with Crippen LogP contribution in [0.3, 0.4) is 0 Å². The number of sulfonamides is 2. The van der Waals surface area contributed by atoms with Gasteiger partial charge in [-0.15, -0.1) is 0 Å². The molecule has 180 valence electrons. The van der Waals surface area contributed by atoms with Crippen molar-refractivity contribution in [3.05, 3.63) is 76.7 Å². The fourth-order valence-electron chi connectivity index (χ4n) is 3.01. The van der Waals surface area contributed by atoms with Gasteiger partial charge < -0.3 is 0 Å². The first-order chi connectivity index (χ1) is 15.7. The Hall–Kier alpha value is -3.02. The lowest BCUT2D eigenvalue weighted by Crippen LogP contribution is -2.24. The number of aromatic amines is 1. The van der Waals surface area contributed by atoms with Crippen molar-refractivity contribution in [2.75, 3.05) is 15.7 Å².